The van der Waals surface area contributed by atoms with E-state index in [1.165, 1.54) is 30.6 Å². The van der Waals surface area contributed by atoms with Crippen LogP contribution in [0.5, 0.6) is 5.75 Å². The summed E-state index contributed by atoms with van der Waals surface area (Å²) in [5.41, 5.74) is 6.20. The van der Waals surface area contributed by atoms with Gasteiger partial charge >= 0.3 is 6.03 Å². The number of halogens is 2. The number of nitrogens with two attached hydrogens (primary N) is 1. The molecule has 0 unspecified atom stereocenters. The van der Waals surface area contributed by atoms with Gasteiger partial charge in [-0.2, -0.15) is 0 Å². The van der Waals surface area contributed by atoms with Gasteiger partial charge in [-0.3, -0.25) is 10.1 Å². The standard InChI is InChI=1S/C28H31F2N7O3S2/c1-28(2,14-37(3)4)13-32-26(39)36-27-35-23(31)22(42-27)25-34-21(12-41-25)17-10-20(19(30)11-18(17)29)33-24(38)15-7-6-8-16(9-15)40-5/h6-12H,13-14,31H2,1-5H3,(H,33,38)(H2,32,35,36,39). The summed E-state index contributed by atoms with van der Waals surface area (Å²) in [6.07, 6.45) is 0. The smallest absolute Gasteiger partial charge is 0.321 e. The van der Waals surface area contributed by atoms with E-state index in [9.17, 15) is 18.4 Å². The van der Waals surface area contributed by atoms with Crippen LogP contribution in [-0.2, 0) is 0 Å². The number of ether oxygens (including phenoxy) is 1. The van der Waals surface area contributed by atoms with E-state index in [-0.39, 0.29) is 38.9 Å². The largest absolute Gasteiger partial charge is 0.497 e. The molecule has 0 fully saturated rings. The number of carbonyl (C=O) groups is 2. The molecule has 5 N–H and O–H groups in total. The van der Waals surface area contributed by atoms with E-state index < -0.39 is 23.6 Å². The number of aromatic nitrogens is 2. The quantitative estimate of drug-likeness (QED) is 0.178. The molecule has 3 amide bonds. The van der Waals surface area contributed by atoms with Gasteiger partial charge in [-0.25, -0.2) is 23.5 Å². The van der Waals surface area contributed by atoms with Gasteiger partial charge < -0.3 is 26.0 Å². The number of nitrogen functional groups attached to an aromatic ring is 1. The predicted octanol–water partition coefficient (Wildman–Crippen LogP) is 5.76. The molecule has 4 rings (SSSR count). The number of thiazole rings is 2. The molecule has 0 aliphatic rings. The third-order valence-electron chi connectivity index (χ3n) is 5.96. The fraction of sp³-hybridized carbons (Fsp3) is 0.286. The molecule has 0 saturated carbocycles. The lowest BCUT2D eigenvalue weighted by Crippen LogP contribution is -2.41. The maximum atomic E-state index is 14.8. The maximum absolute atomic E-state index is 14.8. The maximum Gasteiger partial charge on any atom is 0.321 e. The monoisotopic (exact) mass is 615 g/mol. The summed E-state index contributed by atoms with van der Waals surface area (Å²) >= 11 is 2.30. The van der Waals surface area contributed by atoms with Gasteiger partial charge in [0.15, 0.2) is 5.13 Å². The SMILES string of the molecule is COc1cccc(C(=O)Nc2cc(-c3csc(-c4sc(NC(=O)NCC(C)(C)CN(C)C)nc4N)n3)c(F)cc2F)c1. The van der Waals surface area contributed by atoms with E-state index in [4.69, 9.17) is 10.5 Å². The van der Waals surface area contributed by atoms with E-state index in [2.05, 4.69) is 25.9 Å². The Morgan fingerprint density at radius 2 is 1.86 bits per heavy atom. The van der Waals surface area contributed by atoms with Gasteiger partial charge in [0.25, 0.3) is 5.91 Å². The second-order valence-corrected chi connectivity index (χ2v) is 12.3. The van der Waals surface area contributed by atoms with Crippen molar-refractivity contribution in [1.29, 1.82) is 0 Å². The number of methoxy groups -OCH3 is 1. The highest BCUT2D eigenvalue weighted by molar-refractivity contribution is 7.23. The first-order chi connectivity index (χ1) is 19.8. The summed E-state index contributed by atoms with van der Waals surface area (Å²) in [4.78, 5) is 36.4. The number of hydrogen-bond donors (Lipinski definition) is 4. The molecular formula is C28H31F2N7O3S2. The number of rotatable bonds is 10. The Morgan fingerprint density at radius 3 is 2.57 bits per heavy atom. The minimum absolute atomic E-state index is 0.0130. The highest BCUT2D eigenvalue weighted by atomic mass is 32.1. The van der Waals surface area contributed by atoms with Crippen molar-refractivity contribution in [3.05, 3.63) is 59.0 Å². The van der Waals surface area contributed by atoms with Gasteiger partial charge in [-0.1, -0.05) is 31.3 Å². The number of nitrogens with one attached hydrogen (secondary N) is 3. The minimum atomic E-state index is -0.936. The lowest BCUT2D eigenvalue weighted by Gasteiger charge is -2.28. The molecule has 2 heterocycles. The first-order valence-corrected chi connectivity index (χ1v) is 14.4. The van der Waals surface area contributed by atoms with Crippen LogP contribution in [0.2, 0.25) is 0 Å². The summed E-state index contributed by atoms with van der Waals surface area (Å²) in [7, 11) is 5.40. The zero-order chi connectivity index (χ0) is 30.6. The Balaban J connectivity index is 1.49. The molecule has 2 aromatic heterocycles. The second kappa shape index (κ2) is 12.8. The molecule has 0 radical (unpaired) electrons. The van der Waals surface area contributed by atoms with Crippen molar-refractivity contribution in [1.82, 2.24) is 20.2 Å². The van der Waals surface area contributed by atoms with Crippen LogP contribution >= 0.6 is 22.7 Å². The summed E-state index contributed by atoms with van der Waals surface area (Å²) in [6, 6.07) is 7.81. The van der Waals surface area contributed by atoms with Crippen LogP contribution in [0.3, 0.4) is 0 Å². The van der Waals surface area contributed by atoms with Crippen molar-refractivity contribution in [2.24, 2.45) is 5.41 Å². The Morgan fingerprint density at radius 1 is 1.10 bits per heavy atom. The summed E-state index contributed by atoms with van der Waals surface area (Å²) in [5, 5.41) is 10.3. The van der Waals surface area contributed by atoms with Gasteiger partial charge in [0.1, 0.15) is 33.1 Å². The van der Waals surface area contributed by atoms with Crippen molar-refractivity contribution < 1.29 is 23.1 Å². The number of benzene rings is 2. The Bertz CT molecular complexity index is 1600. The average molecular weight is 616 g/mol. The third kappa shape index (κ3) is 7.57. The first-order valence-electron chi connectivity index (χ1n) is 12.7. The Hall–Kier alpha value is -4.14. The minimum Gasteiger partial charge on any atom is -0.497 e. The molecule has 0 atom stereocenters. The topological polar surface area (TPSA) is 134 Å². The number of carbonyl (C=O) groups excluding carboxylic acids is 2. The molecule has 10 nitrogen and oxygen atoms in total. The summed E-state index contributed by atoms with van der Waals surface area (Å²) in [5.74, 6) is -1.77. The molecule has 4 aromatic rings. The second-order valence-electron chi connectivity index (χ2n) is 10.5. The molecule has 0 bridgehead atoms. The summed E-state index contributed by atoms with van der Waals surface area (Å²) < 4.78 is 34.6. The number of amides is 3. The van der Waals surface area contributed by atoms with Crippen molar-refractivity contribution >= 4 is 51.2 Å². The number of nitrogens with zero attached hydrogens (tertiary/aromatic N) is 3. The lowest BCUT2D eigenvalue weighted by molar-refractivity contribution is 0.102. The van der Waals surface area contributed by atoms with Crippen LogP contribution in [0.25, 0.3) is 21.1 Å². The van der Waals surface area contributed by atoms with E-state index in [1.54, 1.807) is 23.6 Å². The zero-order valence-electron chi connectivity index (χ0n) is 23.7. The molecule has 0 spiro atoms. The normalized spacial score (nSPS) is 11.4. The zero-order valence-corrected chi connectivity index (χ0v) is 25.3. The van der Waals surface area contributed by atoms with E-state index >= 15 is 0 Å². The van der Waals surface area contributed by atoms with Gasteiger partial charge in [-0.15, -0.1) is 11.3 Å². The predicted molar refractivity (Wildman–Crippen MR) is 163 cm³/mol. The molecule has 0 saturated heterocycles. The van der Waals surface area contributed by atoms with Crippen LogP contribution in [0.15, 0.2) is 41.8 Å². The van der Waals surface area contributed by atoms with Crippen LogP contribution in [-0.4, -0.2) is 61.1 Å². The highest BCUT2D eigenvalue weighted by Gasteiger charge is 2.22. The van der Waals surface area contributed by atoms with E-state index in [1.807, 2.05) is 32.8 Å². The van der Waals surface area contributed by atoms with Crippen molar-refractivity contribution in [2.45, 2.75) is 13.8 Å². The first kappa shape index (κ1) is 30.8. The number of urea groups is 1. The van der Waals surface area contributed by atoms with Crippen LogP contribution in [0.1, 0.15) is 24.2 Å². The molecule has 42 heavy (non-hydrogen) atoms. The molecule has 0 aliphatic carbocycles. The third-order valence-corrected chi connectivity index (χ3v) is 7.94. The fourth-order valence-corrected chi connectivity index (χ4v) is 6.01. The average Bonchev–Trinajstić information content (AvgIpc) is 3.54. The van der Waals surface area contributed by atoms with Crippen molar-refractivity contribution in [3.63, 3.8) is 0 Å². The van der Waals surface area contributed by atoms with E-state index in [0.29, 0.717) is 28.2 Å². The molecule has 2 aromatic carbocycles. The number of anilines is 3. The van der Waals surface area contributed by atoms with Crippen molar-refractivity contribution in [3.8, 4) is 26.9 Å². The molecule has 14 heteroatoms. The van der Waals surface area contributed by atoms with Gasteiger partial charge in [0.2, 0.25) is 0 Å². The fourth-order valence-electron chi connectivity index (χ4n) is 4.21. The van der Waals surface area contributed by atoms with Crippen LogP contribution in [0.4, 0.5) is 30.2 Å². The van der Waals surface area contributed by atoms with Crippen LogP contribution < -0.4 is 26.4 Å². The van der Waals surface area contributed by atoms with Gasteiger partial charge in [0.05, 0.1) is 18.5 Å². The summed E-state index contributed by atoms with van der Waals surface area (Å²) in [6.45, 7) is 5.34. The van der Waals surface area contributed by atoms with Gasteiger partial charge in [0, 0.05) is 35.7 Å². The van der Waals surface area contributed by atoms with E-state index in [0.717, 1.165) is 17.9 Å². The van der Waals surface area contributed by atoms with Crippen molar-refractivity contribution in [2.75, 3.05) is 50.7 Å². The Labute approximate surface area is 249 Å². The molecular weight excluding hydrogens is 584 g/mol. The molecule has 0 aliphatic heterocycles. The highest BCUT2D eigenvalue weighted by Crippen LogP contribution is 2.39. The van der Waals surface area contributed by atoms with Crippen LogP contribution in [0, 0.1) is 17.0 Å². The molecule has 222 valence electrons. The lowest BCUT2D eigenvalue weighted by atomic mass is 9.93. The van der Waals surface area contributed by atoms with Gasteiger partial charge in [-0.05, 0) is 43.8 Å². The number of hydrogen-bond acceptors (Lipinski definition) is 9. The Kier molecular flexibility index (Phi) is 9.39.